The van der Waals surface area contributed by atoms with E-state index in [1.165, 1.54) is 0 Å². The normalized spacial score (nSPS) is 12.3. The SMILES string of the molecule is CC.CNNC(NC)C(C)C. The molecule has 1 unspecified atom stereocenters. The van der Waals surface area contributed by atoms with E-state index in [9.17, 15) is 0 Å². The Hall–Kier alpha value is -0.120. The average molecular weight is 161 g/mol. The van der Waals surface area contributed by atoms with Crippen LogP contribution in [0.2, 0.25) is 0 Å². The molecule has 0 saturated carbocycles. The van der Waals surface area contributed by atoms with Crippen LogP contribution in [0.4, 0.5) is 0 Å². The van der Waals surface area contributed by atoms with Crippen LogP contribution in [0.3, 0.4) is 0 Å². The molecule has 0 aliphatic carbocycles. The van der Waals surface area contributed by atoms with Crippen molar-refractivity contribution >= 4 is 0 Å². The van der Waals surface area contributed by atoms with Gasteiger partial charge in [0.25, 0.3) is 0 Å². The standard InChI is InChI=1S/C6H17N3.C2H6/c1-5(2)6(7-3)9-8-4;1-2/h5-9H,1-4H3;1-2H3. The molecule has 0 aromatic rings. The molecule has 3 N–H and O–H groups in total. The smallest absolute Gasteiger partial charge is 0.0724 e. The van der Waals surface area contributed by atoms with Crippen LogP contribution < -0.4 is 16.2 Å². The van der Waals surface area contributed by atoms with E-state index in [0.717, 1.165) is 0 Å². The summed E-state index contributed by atoms with van der Waals surface area (Å²) in [5, 5.41) is 3.13. The Morgan fingerprint density at radius 2 is 1.45 bits per heavy atom. The molecule has 0 bridgehead atoms. The maximum absolute atomic E-state index is 3.13. The molecule has 0 heterocycles. The van der Waals surface area contributed by atoms with Gasteiger partial charge in [-0.1, -0.05) is 27.7 Å². The van der Waals surface area contributed by atoms with Gasteiger partial charge in [-0.25, -0.2) is 5.43 Å². The fraction of sp³-hybridized carbons (Fsp3) is 1.00. The van der Waals surface area contributed by atoms with Gasteiger partial charge in [0.1, 0.15) is 0 Å². The molecule has 0 aromatic carbocycles. The summed E-state index contributed by atoms with van der Waals surface area (Å²) in [4.78, 5) is 0. The van der Waals surface area contributed by atoms with Crippen molar-refractivity contribution in [3.05, 3.63) is 0 Å². The maximum Gasteiger partial charge on any atom is 0.0724 e. The first-order valence-electron chi connectivity index (χ1n) is 4.32. The van der Waals surface area contributed by atoms with Crippen molar-refractivity contribution in [3.8, 4) is 0 Å². The largest absolute Gasteiger partial charge is 0.304 e. The molecule has 0 aliphatic rings. The van der Waals surface area contributed by atoms with Gasteiger partial charge in [0.15, 0.2) is 0 Å². The van der Waals surface area contributed by atoms with Crippen LogP contribution >= 0.6 is 0 Å². The summed E-state index contributed by atoms with van der Waals surface area (Å²) in [5.41, 5.74) is 5.96. The maximum atomic E-state index is 3.13. The first-order chi connectivity index (χ1) is 5.22. The van der Waals surface area contributed by atoms with Gasteiger partial charge in [-0.3, -0.25) is 5.43 Å². The molecule has 0 saturated heterocycles. The third-order valence-electron chi connectivity index (χ3n) is 1.28. The number of hydrogen-bond donors (Lipinski definition) is 3. The van der Waals surface area contributed by atoms with Gasteiger partial charge in [0, 0.05) is 0 Å². The molecule has 11 heavy (non-hydrogen) atoms. The van der Waals surface area contributed by atoms with Crippen molar-refractivity contribution in [2.24, 2.45) is 5.92 Å². The van der Waals surface area contributed by atoms with E-state index >= 15 is 0 Å². The highest BCUT2D eigenvalue weighted by Gasteiger charge is 2.06. The summed E-state index contributed by atoms with van der Waals surface area (Å²) in [7, 11) is 3.81. The summed E-state index contributed by atoms with van der Waals surface area (Å²) >= 11 is 0. The fourth-order valence-corrected chi connectivity index (χ4v) is 0.728. The molecule has 0 amide bonds. The molecule has 70 valence electrons. The van der Waals surface area contributed by atoms with Crippen molar-refractivity contribution in [2.75, 3.05) is 14.1 Å². The first kappa shape index (κ1) is 13.5. The second-order valence-electron chi connectivity index (χ2n) is 2.40. The molecule has 0 aliphatic heterocycles. The van der Waals surface area contributed by atoms with Gasteiger partial charge < -0.3 is 5.32 Å². The lowest BCUT2D eigenvalue weighted by Gasteiger charge is -2.20. The summed E-state index contributed by atoms with van der Waals surface area (Å²) in [6, 6.07) is 0. The van der Waals surface area contributed by atoms with Crippen LogP contribution in [0.1, 0.15) is 27.7 Å². The minimum absolute atomic E-state index is 0.356. The average Bonchev–Trinajstić information content (AvgIpc) is 2.03. The van der Waals surface area contributed by atoms with Gasteiger partial charge in [-0.05, 0) is 20.0 Å². The Labute approximate surface area is 70.9 Å². The molecule has 0 fully saturated rings. The van der Waals surface area contributed by atoms with E-state index in [1.54, 1.807) is 0 Å². The molecule has 0 aromatic heterocycles. The predicted molar refractivity (Wildman–Crippen MR) is 51.2 cm³/mol. The third-order valence-corrected chi connectivity index (χ3v) is 1.28. The Kier molecular flexibility index (Phi) is 12.1. The highest BCUT2D eigenvalue weighted by Crippen LogP contribution is 1.94. The summed E-state index contributed by atoms with van der Waals surface area (Å²) in [5.74, 6) is 0.599. The van der Waals surface area contributed by atoms with Crippen LogP contribution in [0.25, 0.3) is 0 Å². The number of rotatable bonds is 4. The summed E-state index contributed by atoms with van der Waals surface area (Å²) in [6.45, 7) is 8.32. The van der Waals surface area contributed by atoms with Gasteiger partial charge in [-0.15, -0.1) is 0 Å². The van der Waals surface area contributed by atoms with Crippen LogP contribution in [0.15, 0.2) is 0 Å². The van der Waals surface area contributed by atoms with Crippen LogP contribution in [-0.2, 0) is 0 Å². The summed E-state index contributed by atoms with van der Waals surface area (Å²) < 4.78 is 0. The highest BCUT2D eigenvalue weighted by molar-refractivity contribution is 4.61. The van der Waals surface area contributed by atoms with Crippen molar-refractivity contribution in [3.63, 3.8) is 0 Å². The van der Waals surface area contributed by atoms with Crippen molar-refractivity contribution in [2.45, 2.75) is 33.9 Å². The topological polar surface area (TPSA) is 36.1 Å². The fourth-order valence-electron chi connectivity index (χ4n) is 0.728. The lowest BCUT2D eigenvalue weighted by Crippen LogP contribution is -2.49. The van der Waals surface area contributed by atoms with Gasteiger partial charge in [-0.2, -0.15) is 0 Å². The Morgan fingerprint density at radius 1 is 1.00 bits per heavy atom. The minimum Gasteiger partial charge on any atom is -0.304 e. The Morgan fingerprint density at radius 3 is 1.55 bits per heavy atom. The lowest BCUT2D eigenvalue weighted by molar-refractivity contribution is 0.326. The number of hydrogen-bond acceptors (Lipinski definition) is 3. The van der Waals surface area contributed by atoms with E-state index in [2.05, 4.69) is 30.0 Å². The molecule has 0 rings (SSSR count). The molecular formula is C8H23N3. The second-order valence-corrected chi connectivity index (χ2v) is 2.40. The summed E-state index contributed by atoms with van der Waals surface area (Å²) in [6.07, 6.45) is 0.356. The molecule has 0 radical (unpaired) electrons. The minimum atomic E-state index is 0.356. The zero-order chi connectivity index (χ0) is 9.28. The van der Waals surface area contributed by atoms with Crippen LogP contribution in [-0.4, -0.2) is 20.3 Å². The van der Waals surface area contributed by atoms with Gasteiger partial charge in [0.05, 0.1) is 6.17 Å². The van der Waals surface area contributed by atoms with Crippen LogP contribution in [0, 0.1) is 5.92 Å². The zero-order valence-corrected chi connectivity index (χ0v) is 8.65. The van der Waals surface area contributed by atoms with E-state index in [4.69, 9.17) is 0 Å². The quantitative estimate of drug-likeness (QED) is 0.424. The Bertz CT molecular complexity index is 64.4. The molecule has 0 spiro atoms. The highest BCUT2D eigenvalue weighted by atomic mass is 15.4. The van der Waals surface area contributed by atoms with Gasteiger partial charge >= 0.3 is 0 Å². The van der Waals surface area contributed by atoms with Crippen LogP contribution in [0.5, 0.6) is 0 Å². The lowest BCUT2D eigenvalue weighted by atomic mass is 10.2. The van der Waals surface area contributed by atoms with Crippen molar-refractivity contribution in [1.29, 1.82) is 0 Å². The monoisotopic (exact) mass is 161 g/mol. The zero-order valence-electron chi connectivity index (χ0n) is 8.65. The van der Waals surface area contributed by atoms with E-state index in [-0.39, 0.29) is 0 Å². The predicted octanol–water partition coefficient (Wildman–Crippen LogP) is 0.938. The van der Waals surface area contributed by atoms with Crippen molar-refractivity contribution in [1.82, 2.24) is 16.2 Å². The third kappa shape index (κ3) is 7.78. The van der Waals surface area contributed by atoms with E-state index in [1.807, 2.05) is 27.9 Å². The Balaban J connectivity index is 0. The number of hydrazine groups is 1. The molecular weight excluding hydrogens is 138 g/mol. The number of nitrogens with one attached hydrogen (secondary N) is 3. The van der Waals surface area contributed by atoms with Crippen molar-refractivity contribution < 1.29 is 0 Å². The van der Waals surface area contributed by atoms with E-state index in [0.29, 0.717) is 12.1 Å². The van der Waals surface area contributed by atoms with Gasteiger partial charge in [0.2, 0.25) is 0 Å². The molecule has 3 heteroatoms. The molecule has 1 atom stereocenters. The van der Waals surface area contributed by atoms with E-state index < -0.39 is 0 Å². The molecule has 3 nitrogen and oxygen atoms in total. The second kappa shape index (κ2) is 9.88. The first-order valence-corrected chi connectivity index (χ1v) is 4.32.